The molecule has 1 heterocycles. The highest BCUT2D eigenvalue weighted by atomic mass is 16.3. The van der Waals surface area contributed by atoms with Gasteiger partial charge in [-0.3, -0.25) is 0 Å². The molecule has 1 rings (SSSR count). The maximum atomic E-state index is 9.61. The lowest BCUT2D eigenvalue weighted by atomic mass is 10.0. The molecule has 58 valence electrons. The van der Waals surface area contributed by atoms with Crippen LogP contribution in [0.2, 0.25) is 0 Å². The number of hydrogen-bond acceptors (Lipinski definition) is 1. The average molecular weight is 149 g/mol. The Labute approximate surface area is 66.5 Å². The van der Waals surface area contributed by atoms with E-state index in [1.54, 1.807) is 17.6 Å². The van der Waals surface area contributed by atoms with Crippen LogP contribution in [0.4, 0.5) is 0 Å². The molecule has 1 aromatic rings. The highest BCUT2D eigenvalue weighted by Crippen LogP contribution is 2.18. The van der Waals surface area contributed by atoms with E-state index in [1.165, 1.54) is 0 Å². The molecule has 0 radical (unpaired) electrons. The van der Waals surface area contributed by atoms with E-state index in [2.05, 4.69) is 5.92 Å². The molecule has 0 bridgehead atoms. The Morgan fingerprint density at radius 2 is 2.36 bits per heavy atom. The predicted molar refractivity (Wildman–Crippen MR) is 43.8 cm³/mol. The SMILES string of the molecule is C#CC(C)(O)c1cccn1C. The standard InChI is InChI=1S/C9H11NO/c1-4-9(2,11)8-6-5-7-10(8)3/h1,5-7,11H,2-3H3. The van der Waals surface area contributed by atoms with Crippen LogP contribution in [0.3, 0.4) is 0 Å². The summed E-state index contributed by atoms with van der Waals surface area (Å²) in [5.74, 6) is 2.32. The first-order valence-corrected chi connectivity index (χ1v) is 3.40. The Hall–Kier alpha value is -1.20. The molecule has 0 fully saturated rings. The second-order valence-electron chi connectivity index (χ2n) is 2.72. The molecule has 1 N–H and O–H groups in total. The van der Waals surface area contributed by atoms with Gasteiger partial charge in [-0.25, -0.2) is 0 Å². The van der Waals surface area contributed by atoms with Crippen molar-refractivity contribution in [3.05, 3.63) is 24.0 Å². The summed E-state index contributed by atoms with van der Waals surface area (Å²) in [7, 11) is 1.85. The van der Waals surface area contributed by atoms with Crippen molar-refractivity contribution < 1.29 is 5.11 Å². The molecule has 11 heavy (non-hydrogen) atoms. The maximum absolute atomic E-state index is 9.61. The van der Waals surface area contributed by atoms with E-state index >= 15 is 0 Å². The Morgan fingerprint density at radius 1 is 1.73 bits per heavy atom. The summed E-state index contributed by atoms with van der Waals surface area (Å²) in [6.45, 7) is 1.60. The van der Waals surface area contributed by atoms with Crippen LogP contribution in [0.15, 0.2) is 18.3 Å². The van der Waals surface area contributed by atoms with E-state index in [9.17, 15) is 5.11 Å². The van der Waals surface area contributed by atoms with Gasteiger partial charge in [0.05, 0.1) is 5.69 Å². The lowest BCUT2D eigenvalue weighted by Crippen LogP contribution is -2.21. The molecule has 2 nitrogen and oxygen atoms in total. The van der Waals surface area contributed by atoms with E-state index in [0.717, 1.165) is 5.69 Å². The van der Waals surface area contributed by atoms with Gasteiger partial charge in [-0.2, -0.15) is 0 Å². The number of rotatable bonds is 1. The van der Waals surface area contributed by atoms with Crippen LogP contribution in [-0.2, 0) is 12.6 Å². The van der Waals surface area contributed by atoms with Gasteiger partial charge in [-0.15, -0.1) is 6.42 Å². The number of terminal acetylenes is 1. The van der Waals surface area contributed by atoms with Crippen LogP contribution in [0.5, 0.6) is 0 Å². The maximum Gasteiger partial charge on any atom is 0.162 e. The summed E-state index contributed by atoms with van der Waals surface area (Å²) in [5.41, 5.74) is -0.418. The molecule has 0 aromatic carbocycles. The number of aryl methyl sites for hydroxylation is 1. The van der Waals surface area contributed by atoms with Crippen molar-refractivity contribution in [3.8, 4) is 12.3 Å². The Bertz CT molecular complexity index is 291. The molecule has 0 aliphatic carbocycles. The largest absolute Gasteiger partial charge is 0.372 e. The third-order valence-corrected chi connectivity index (χ3v) is 1.72. The third-order valence-electron chi connectivity index (χ3n) is 1.72. The molecule has 1 unspecified atom stereocenters. The van der Waals surface area contributed by atoms with Crippen molar-refractivity contribution in [1.29, 1.82) is 0 Å². The zero-order valence-electron chi connectivity index (χ0n) is 6.70. The quantitative estimate of drug-likeness (QED) is 0.589. The Morgan fingerprint density at radius 3 is 2.73 bits per heavy atom. The first-order valence-electron chi connectivity index (χ1n) is 3.40. The normalized spacial score (nSPS) is 15.5. The summed E-state index contributed by atoms with van der Waals surface area (Å²) in [4.78, 5) is 0. The summed E-state index contributed by atoms with van der Waals surface area (Å²) < 4.78 is 1.81. The fourth-order valence-electron chi connectivity index (χ4n) is 1.04. The second-order valence-corrected chi connectivity index (χ2v) is 2.72. The van der Waals surface area contributed by atoms with Crippen LogP contribution in [0, 0.1) is 12.3 Å². The van der Waals surface area contributed by atoms with Crippen molar-refractivity contribution in [2.24, 2.45) is 7.05 Å². The van der Waals surface area contributed by atoms with Gasteiger partial charge in [0, 0.05) is 13.2 Å². The summed E-state index contributed by atoms with van der Waals surface area (Å²) in [6, 6.07) is 3.65. The van der Waals surface area contributed by atoms with Crippen LogP contribution in [-0.4, -0.2) is 9.67 Å². The van der Waals surface area contributed by atoms with Crippen molar-refractivity contribution in [1.82, 2.24) is 4.57 Å². The van der Waals surface area contributed by atoms with Gasteiger partial charge in [0.1, 0.15) is 0 Å². The molecular formula is C9H11NO. The van der Waals surface area contributed by atoms with Crippen LogP contribution in [0.1, 0.15) is 12.6 Å². The van der Waals surface area contributed by atoms with Gasteiger partial charge in [-0.05, 0) is 19.1 Å². The van der Waals surface area contributed by atoms with Crippen LogP contribution in [0.25, 0.3) is 0 Å². The lowest BCUT2D eigenvalue weighted by Gasteiger charge is -2.16. The molecule has 1 atom stereocenters. The molecule has 0 aliphatic heterocycles. The first-order chi connectivity index (χ1) is 5.08. The fraction of sp³-hybridized carbons (Fsp3) is 0.333. The van der Waals surface area contributed by atoms with E-state index < -0.39 is 5.60 Å². The first kappa shape index (κ1) is 7.90. The smallest absolute Gasteiger partial charge is 0.162 e. The monoisotopic (exact) mass is 149 g/mol. The topological polar surface area (TPSA) is 25.2 Å². The molecule has 1 aromatic heterocycles. The predicted octanol–water partition coefficient (Wildman–Crippen LogP) is 0.866. The van der Waals surface area contributed by atoms with Gasteiger partial charge >= 0.3 is 0 Å². The second kappa shape index (κ2) is 2.44. The molecule has 0 saturated heterocycles. The lowest BCUT2D eigenvalue weighted by molar-refractivity contribution is 0.114. The number of hydrogen-bond donors (Lipinski definition) is 1. The molecule has 2 heteroatoms. The zero-order chi connectivity index (χ0) is 8.48. The summed E-state index contributed by atoms with van der Waals surface area (Å²) >= 11 is 0. The highest BCUT2D eigenvalue weighted by Gasteiger charge is 2.21. The number of aliphatic hydroxyl groups is 1. The van der Waals surface area contributed by atoms with Gasteiger partial charge in [0.25, 0.3) is 0 Å². The van der Waals surface area contributed by atoms with Gasteiger partial charge in [-0.1, -0.05) is 5.92 Å². The molecule has 0 amide bonds. The number of aromatic nitrogens is 1. The minimum atomic E-state index is -1.15. The third kappa shape index (κ3) is 1.28. The average Bonchev–Trinajstić information content (AvgIpc) is 2.36. The number of nitrogens with zero attached hydrogens (tertiary/aromatic N) is 1. The van der Waals surface area contributed by atoms with E-state index in [4.69, 9.17) is 6.42 Å². The summed E-state index contributed by atoms with van der Waals surface area (Å²) in [6.07, 6.45) is 7.00. The van der Waals surface area contributed by atoms with Crippen molar-refractivity contribution in [2.75, 3.05) is 0 Å². The van der Waals surface area contributed by atoms with Crippen molar-refractivity contribution in [3.63, 3.8) is 0 Å². The minimum Gasteiger partial charge on any atom is -0.372 e. The van der Waals surface area contributed by atoms with E-state index in [-0.39, 0.29) is 0 Å². The zero-order valence-corrected chi connectivity index (χ0v) is 6.70. The Balaban J connectivity index is 3.13. The van der Waals surface area contributed by atoms with Crippen molar-refractivity contribution >= 4 is 0 Å². The molecule has 0 aliphatic rings. The fourth-order valence-corrected chi connectivity index (χ4v) is 1.04. The van der Waals surface area contributed by atoms with Gasteiger partial charge in [0.15, 0.2) is 5.60 Å². The summed E-state index contributed by atoms with van der Waals surface area (Å²) in [5, 5.41) is 9.61. The van der Waals surface area contributed by atoms with Crippen LogP contribution >= 0.6 is 0 Å². The van der Waals surface area contributed by atoms with E-state index in [0.29, 0.717) is 0 Å². The minimum absolute atomic E-state index is 0.736. The molecule has 0 saturated carbocycles. The van der Waals surface area contributed by atoms with Gasteiger partial charge < -0.3 is 9.67 Å². The Kier molecular flexibility index (Phi) is 1.76. The van der Waals surface area contributed by atoms with Gasteiger partial charge in [0.2, 0.25) is 0 Å². The van der Waals surface area contributed by atoms with Crippen LogP contribution < -0.4 is 0 Å². The van der Waals surface area contributed by atoms with Crippen molar-refractivity contribution in [2.45, 2.75) is 12.5 Å². The molecular weight excluding hydrogens is 138 g/mol. The molecule has 0 spiro atoms. The van der Waals surface area contributed by atoms with E-state index in [1.807, 2.05) is 19.3 Å². The highest BCUT2D eigenvalue weighted by molar-refractivity contribution is 5.24.